The number of hydrogen-bond donors (Lipinski definition) is 1. The summed E-state index contributed by atoms with van der Waals surface area (Å²) in [7, 11) is -2.65. The normalized spacial score (nSPS) is 11.4. The van der Waals surface area contributed by atoms with Gasteiger partial charge in [0, 0.05) is 6.54 Å². The van der Waals surface area contributed by atoms with Crippen molar-refractivity contribution in [3.63, 3.8) is 0 Å². The average Bonchev–Trinajstić information content (AvgIpc) is 2.78. The molecule has 0 aliphatic rings. The van der Waals surface area contributed by atoms with E-state index in [1.165, 1.54) is 43.5 Å². The highest BCUT2D eigenvalue weighted by Gasteiger charge is 2.27. The molecule has 0 saturated carbocycles. The SMILES string of the molecule is COc1ccc(S(=O)(=O)N(CCc2ccccc2)CC(=O)Nc2ccccc2F)cc1Cl. The number of carbonyl (C=O) groups is 1. The minimum Gasteiger partial charge on any atom is -0.495 e. The van der Waals surface area contributed by atoms with Crippen LogP contribution in [0.3, 0.4) is 0 Å². The van der Waals surface area contributed by atoms with E-state index >= 15 is 0 Å². The van der Waals surface area contributed by atoms with E-state index in [2.05, 4.69) is 5.32 Å². The number of hydrogen-bond acceptors (Lipinski definition) is 4. The predicted molar refractivity (Wildman–Crippen MR) is 122 cm³/mol. The number of para-hydroxylation sites is 1. The van der Waals surface area contributed by atoms with Crippen LogP contribution in [0.5, 0.6) is 5.75 Å². The summed E-state index contributed by atoms with van der Waals surface area (Å²) in [5, 5.41) is 2.56. The van der Waals surface area contributed by atoms with Crippen LogP contribution in [0.25, 0.3) is 0 Å². The number of methoxy groups -OCH3 is 1. The van der Waals surface area contributed by atoms with Gasteiger partial charge in [-0.1, -0.05) is 54.1 Å². The molecular formula is C23H22ClFN2O4S. The molecule has 0 aliphatic carbocycles. The molecule has 0 fully saturated rings. The Hall–Kier alpha value is -2.94. The molecule has 32 heavy (non-hydrogen) atoms. The number of rotatable bonds is 9. The van der Waals surface area contributed by atoms with E-state index in [0.29, 0.717) is 12.2 Å². The molecule has 0 saturated heterocycles. The number of nitrogens with zero attached hydrogens (tertiary/aromatic N) is 1. The van der Waals surface area contributed by atoms with Crippen molar-refractivity contribution < 1.29 is 22.3 Å². The molecule has 0 bridgehead atoms. The van der Waals surface area contributed by atoms with E-state index in [0.717, 1.165) is 9.87 Å². The summed E-state index contributed by atoms with van der Waals surface area (Å²) < 4.78 is 46.7. The Morgan fingerprint density at radius 3 is 2.41 bits per heavy atom. The number of halogens is 2. The number of nitrogens with one attached hydrogen (secondary N) is 1. The molecule has 0 aliphatic heterocycles. The summed E-state index contributed by atoms with van der Waals surface area (Å²) in [5.41, 5.74) is 0.889. The van der Waals surface area contributed by atoms with Crippen LogP contribution in [0, 0.1) is 5.82 Å². The van der Waals surface area contributed by atoms with Crippen molar-refractivity contribution in [3.05, 3.63) is 89.2 Å². The van der Waals surface area contributed by atoms with Crippen molar-refractivity contribution in [2.24, 2.45) is 0 Å². The summed E-state index contributed by atoms with van der Waals surface area (Å²) >= 11 is 6.11. The van der Waals surface area contributed by atoms with Gasteiger partial charge in [0.2, 0.25) is 15.9 Å². The van der Waals surface area contributed by atoms with Crippen LogP contribution in [0.1, 0.15) is 5.56 Å². The van der Waals surface area contributed by atoms with Gasteiger partial charge >= 0.3 is 0 Å². The first-order valence-electron chi connectivity index (χ1n) is 9.73. The highest BCUT2D eigenvalue weighted by Crippen LogP contribution is 2.28. The first-order chi connectivity index (χ1) is 15.3. The Kier molecular flexibility index (Phi) is 7.84. The molecule has 0 atom stereocenters. The molecule has 1 amide bonds. The Morgan fingerprint density at radius 1 is 1.06 bits per heavy atom. The molecule has 3 rings (SSSR count). The van der Waals surface area contributed by atoms with Crippen molar-refractivity contribution >= 4 is 33.2 Å². The Morgan fingerprint density at radius 2 is 1.75 bits per heavy atom. The maximum absolute atomic E-state index is 13.9. The second kappa shape index (κ2) is 10.6. The summed E-state index contributed by atoms with van der Waals surface area (Å²) in [6.07, 6.45) is 0.386. The zero-order valence-corrected chi connectivity index (χ0v) is 18.9. The lowest BCUT2D eigenvalue weighted by molar-refractivity contribution is -0.116. The molecule has 6 nitrogen and oxygen atoms in total. The standard InChI is InChI=1S/C23H22ClFN2O4S/c1-31-22-12-11-18(15-19(22)24)32(29,30)27(14-13-17-7-3-2-4-8-17)16-23(28)26-21-10-6-5-9-20(21)25/h2-12,15H,13-14,16H2,1H3,(H,26,28). The van der Waals surface area contributed by atoms with Crippen molar-refractivity contribution in [3.8, 4) is 5.75 Å². The van der Waals surface area contributed by atoms with Gasteiger partial charge in [-0.05, 0) is 42.3 Å². The van der Waals surface area contributed by atoms with Crippen LogP contribution < -0.4 is 10.1 Å². The van der Waals surface area contributed by atoms with E-state index < -0.39 is 28.3 Å². The number of carbonyl (C=O) groups excluding carboxylic acids is 1. The molecule has 0 spiro atoms. The maximum Gasteiger partial charge on any atom is 0.243 e. The van der Waals surface area contributed by atoms with Gasteiger partial charge in [-0.2, -0.15) is 4.31 Å². The van der Waals surface area contributed by atoms with Gasteiger partial charge in [0.15, 0.2) is 0 Å². The zero-order valence-electron chi connectivity index (χ0n) is 17.3. The molecule has 9 heteroatoms. The summed E-state index contributed by atoms with van der Waals surface area (Å²) in [6.45, 7) is -0.451. The maximum atomic E-state index is 13.9. The molecule has 1 N–H and O–H groups in total. The van der Waals surface area contributed by atoms with Crippen molar-refractivity contribution in [1.82, 2.24) is 4.31 Å². The van der Waals surface area contributed by atoms with Gasteiger partial charge in [-0.25, -0.2) is 12.8 Å². The van der Waals surface area contributed by atoms with Gasteiger partial charge in [0.05, 0.1) is 29.3 Å². The second-order valence-corrected chi connectivity index (χ2v) is 9.24. The second-order valence-electron chi connectivity index (χ2n) is 6.90. The van der Waals surface area contributed by atoms with Gasteiger partial charge in [0.1, 0.15) is 11.6 Å². The monoisotopic (exact) mass is 476 g/mol. The lowest BCUT2D eigenvalue weighted by Gasteiger charge is -2.22. The quantitative estimate of drug-likeness (QED) is 0.498. The third-order valence-electron chi connectivity index (χ3n) is 4.72. The van der Waals surface area contributed by atoms with E-state index in [-0.39, 0.29) is 22.2 Å². The third kappa shape index (κ3) is 5.85. The first-order valence-corrected chi connectivity index (χ1v) is 11.5. The molecule has 168 valence electrons. The fourth-order valence-electron chi connectivity index (χ4n) is 3.05. The van der Waals surface area contributed by atoms with Crippen LogP contribution in [-0.2, 0) is 21.2 Å². The smallest absolute Gasteiger partial charge is 0.243 e. The fraction of sp³-hybridized carbons (Fsp3) is 0.174. The number of ether oxygens (including phenoxy) is 1. The molecule has 0 unspecified atom stereocenters. The highest BCUT2D eigenvalue weighted by atomic mass is 35.5. The molecule has 0 heterocycles. The van der Waals surface area contributed by atoms with Crippen LogP contribution in [0.4, 0.5) is 10.1 Å². The number of benzene rings is 3. The number of amides is 1. The average molecular weight is 477 g/mol. The van der Waals surface area contributed by atoms with Gasteiger partial charge < -0.3 is 10.1 Å². The minimum absolute atomic E-state index is 0.0228. The zero-order chi connectivity index (χ0) is 23.1. The van der Waals surface area contributed by atoms with Gasteiger partial charge in [-0.3, -0.25) is 4.79 Å². The Bertz CT molecular complexity index is 1190. The predicted octanol–water partition coefficient (Wildman–Crippen LogP) is 4.36. The summed E-state index contributed by atoms with van der Waals surface area (Å²) in [4.78, 5) is 12.5. The lowest BCUT2D eigenvalue weighted by atomic mass is 10.1. The van der Waals surface area contributed by atoms with Crippen molar-refractivity contribution in [2.75, 3.05) is 25.5 Å². The third-order valence-corrected chi connectivity index (χ3v) is 6.86. The fourth-order valence-corrected chi connectivity index (χ4v) is 4.80. The summed E-state index contributed by atoms with van der Waals surface area (Å²) in [6, 6.07) is 19.1. The van der Waals surface area contributed by atoms with E-state index in [1.54, 1.807) is 6.07 Å². The molecule has 3 aromatic carbocycles. The number of anilines is 1. The van der Waals surface area contributed by atoms with Crippen LogP contribution in [0.2, 0.25) is 5.02 Å². The Balaban J connectivity index is 1.86. The van der Waals surface area contributed by atoms with E-state index in [4.69, 9.17) is 16.3 Å². The van der Waals surface area contributed by atoms with Gasteiger partial charge in [0.25, 0.3) is 0 Å². The number of sulfonamides is 1. The van der Waals surface area contributed by atoms with Crippen LogP contribution in [-0.4, -0.2) is 38.8 Å². The Labute approximate surface area is 191 Å². The summed E-state index contributed by atoms with van der Waals surface area (Å²) in [5.74, 6) is -0.938. The van der Waals surface area contributed by atoms with Crippen molar-refractivity contribution in [2.45, 2.75) is 11.3 Å². The van der Waals surface area contributed by atoms with E-state index in [1.807, 2.05) is 30.3 Å². The molecule has 3 aromatic rings. The first kappa shape index (κ1) is 23.7. The highest BCUT2D eigenvalue weighted by molar-refractivity contribution is 7.89. The van der Waals surface area contributed by atoms with E-state index in [9.17, 15) is 17.6 Å². The van der Waals surface area contributed by atoms with Crippen molar-refractivity contribution in [1.29, 1.82) is 0 Å². The molecule has 0 aromatic heterocycles. The molecule has 0 radical (unpaired) electrons. The lowest BCUT2D eigenvalue weighted by Crippen LogP contribution is -2.39. The van der Waals surface area contributed by atoms with Gasteiger partial charge in [-0.15, -0.1) is 0 Å². The topological polar surface area (TPSA) is 75.7 Å². The van der Waals surface area contributed by atoms with Crippen LogP contribution >= 0.6 is 11.6 Å². The molecular weight excluding hydrogens is 455 g/mol. The van der Waals surface area contributed by atoms with Crippen LogP contribution in [0.15, 0.2) is 77.7 Å². The largest absolute Gasteiger partial charge is 0.495 e. The minimum atomic E-state index is -4.08.